The van der Waals surface area contributed by atoms with Crippen LogP contribution in [0.4, 0.5) is 0 Å². The molecule has 134 valence electrons. The van der Waals surface area contributed by atoms with Crippen molar-refractivity contribution in [1.29, 1.82) is 0 Å². The molecule has 25 heavy (non-hydrogen) atoms. The summed E-state index contributed by atoms with van der Waals surface area (Å²) in [4.78, 5) is 12.2. The van der Waals surface area contributed by atoms with Gasteiger partial charge in [-0.2, -0.15) is 0 Å². The monoisotopic (exact) mass is 339 g/mol. The van der Waals surface area contributed by atoms with Crippen molar-refractivity contribution in [2.45, 2.75) is 53.0 Å². The third-order valence-corrected chi connectivity index (χ3v) is 4.37. The van der Waals surface area contributed by atoms with Crippen LogP contribution in [0.1, 0.15) is 56.0 Å². The number of nitrogens with one attached hydrogen (secondary N) is 1. The van der Waals surface area contributed by atoms with Crippen molar-refractivity contribution in [3.8, 4) is 5.75 Å². The van der Waals surface area contributed by atoms with E-state index >= 15 is 0 Å². The lowest BCUT2D eigenvalue weighted by Crippen LogP contribution is -2.31. The highest BCUT2D eigenvalue weighted by atomic mass is 16.5. The molecule has 1 atom stereocenters. The molecule has 2 aromatic rings. The molecule has 3 nitrogen and oxygen atoms in total. The van der Waals surface area contributed by atoms with E-state index in [1.54, 1.807) is 0 Å². The summed E-state index contributed by atoms with van der Waals surface area (Å²) in [6.07, 6.45) is 0. The molecule has 0 saturated carbocycles. The van der Waals surface area contributed by atoms with Gasteiger partial charge in [0.1, 0.15) is 5.75 Å². The molecule has 0 spiro atoms. The molecule has 3 heteroatoms. The molecule has 0 heterocycles. The molecule has 1 N–H and O–H groups in total. The lowest BCUT2D eigenvalue weighted by atomic mass is 9.87. The Labute approximate surface area is 151 Å². The van der Waals surface area contributed by atoms with Gasteiger partial charge in [0.15, 0.2) is 6.61 Å². The number of rotatable bonds is 5. The zero-order valence-electron chi connectivity index (χ0n) is 16.1. The highest BCUT2D eigenvalue weighted by Crippen LogP contribution is 2.24. The van der Waals surface area contributed by atoms with Gasteiger partial charge >= 0.3 is 0 Å². The Bertz CT molecular complexity index is 727. The zero-order valence-corrected chi connectivity index (χ0v) is 16.1. The van der Waals surface area contributed by atoms with Crippen molar-refractivity contribution in [1.82, 2.24) is 5.32 Å². The third-order valence-electron chi connectivity index (χ3n) is 4.37. The van der Waals surface area contributed by atoms with Crippen molar-refractivity contribution in [3.05, 3.63) is 64.7 Å². The Morgan fingerprint density at radius 1 is 1.08 bits per heavy atom. The van der Waals surface area contributed by atoms with Gasteiger partial charge in [0, 0.05) is 0 Å². The van der Waals surface area contributed by atoms with Crippen molar-refractivity contribution in [3.63, 3.8) is 0 Å². The molecule has 0 bridgehead atoms. The van der Waals surface area contributed by atoms with Crippen LogP contribution in [0.5, 0.6) is 5.75 Å². The molecule has 0 aromatic heterocycles. The summed E-state index contributed by atoms with van der Waals surface area (Å²) >= 11 is 0. The van der Waals surface area contributed by atoms with Crippen LogP contribution >= 0.6 is 0 Å². The number of hydrogen-bond donors (Lipinski definition) is 1. The summed E-state index contributed by atoms with van der Waals surface area (Å²) in [6, 6.07) is 14.2. The van der Waals surface area contributed by atoms with Gasteiger partial charge in [-0.15, -0.1) is 0 Å². The average molecular weight is 339 g/mol. The number of carbonyl (C=O) groups excluding carboxylic acids is 1. The minimum absolute atomic E-state index is 0.0179. The first-order valence-electron chi connectivity index (χ1n) is 8.76. The SMILES string of the molecule is Cc1ccc(C)c(C(C)NC(=O)COc2ccc(C(C)(C)C)cc2)c1. The molecule has 1 amide bonds. The summed E-state index contributed by atoms with van der Waals surface area (Å²) in [5.74, 6) is 0.593. The van der Waals surface area contributed by atoms with E-state index in [0.717, 1.165) is 5.56 Å². The number of benzene rings is 2. The predicted molar refractivity (Wildman–Crippen MR) is 103 cm³/mol. The quantitative estimate of drug-likeness (QED) is 0.845. The molecule has 2 aromatic carbocycles. The number of amides is 1. The smallest absolute Gasteiger partial charge is 0.258 e. The molecular weight excluding hydrogens is 310 g/mol. The maximum Gasteiger partial charge on any atom is 0.258 e. The van der Waals surface area contributed by atoms with Crippen LogP contribution in [-0.2, 0) is 10.2 Å². The first kappa shape index (κ1) is 19.0. The fraction of sp³-hybridized carbons (Fsp3) is 0.409. The fourth-order valence-corrected chi connectivity index (χ4v) is 2.79. The average Bonchev–Trinajstić information content (AvgIpc) is 2.54. The standard InChI is InChI=1S/C22H29NO2/c1-15-7-8-16(2)20(13-15)17(3)23-21(24)14-25-19-11-9-18(10-12-19)22(4,5)6/h7-13,17H,14H2,1-6H3,(H,23,24). The number of hydrogen-bond acceptors (Lipinski definition) is 2. The lowest BCUT2D eigenvalue weighted by Gasteiger charge is -2.19. The van der Waals surface area contributed by atoms with Crippen LogP contribution in [-0.4, -0.2) is 12.5 Å². The van der Waals surface area contributed by atoms with E-state index in [4.69, 9.17) is 4.74 Å². The van der Waals surface area contributed by atoms with E-state index in [9.17, 15) is 4.79 Å². The van der Waals surface area contributed by atoms with Gasteiger partial charge in [0.2, 0.25) is 0 Å². The number of aryl methyl sites for hydroxylation is 2. The van der Waals surface area contributed by atoms with Crippen molar-refractivity contribution in [2.75, 3.05) is 6.61 Å². The van der Waals surface area contributed by atoms with Crippen LogP contribution in [0.15, 0.2) is 42.5 Å². The van der Waals surface area contributed by atoms with Crippen molar-refractivity contribution >= 4 is 5.91 Å². The topological polar surface area (TPSA) is 38.3 Å². The van der Waals surface area contributed by atoms with E-state index in [1.165, 1.54) is 16.7 Å². The van der Waals surface area contributed by atoms with Gasteiger partial charge < -0.3 is 10.1 Å². The summed E-state index contributed by atoms with van der Waals surface area (Å²) in [7, 11) is 0. The molecule has 0 aliphatic rings. The van der Waals surface area contributed by atoms with Crippen LogP contribution in [0.25, 0.3) is 0 Å². The van der Waals surface area contributed by atoms with Gasteiger partial charge in [0.05, 0.1) is 6.04 Å². The van der Waals surface area contributed by atoms with Crippen LogP contribution in [0, 0.1) is 13.8 Å². The van der Waals surface area contributed by atoms with Crippen LogP contribution in [0.3, 0.4) is 0 Å². The highest BCUT2D eigenvalue weighted by molar-refractivity contribution is 5.78. The second-order valence-electron chi connectivity index (χ2n) is 7.71. The normalized spacial score (nSPS) is 12.6. The minimum atomic E-state index is -0.117. The van der Waals surface area contributed by atoms with Gasteiger partial charge in [-0.05, 0) is 55.0 Å². The van der Waals surface area contributed by atoms with Crippen LogP contribution in [0.2, 0.25) is 0 Å². The maximum absolute atomic E-state index is 12.2. The Morgan fingerprint density at radius 3 is 2.32 bits per heavy atom. The minimum Gasteiger partial charge on any atom is -0.484 e. The van der Waals surface area contributed by atoms with E-state index in [1.807, 2.05) is 31.2 Å². The molecule has 0 aliphatic carbocycles. The van der Waals surface area contributed by atoms with E-state index in [-0.39, 0.29) is 24.0 Å². The van der Waals surface area contributed by atoms with E-state index in [2.05, 4.69) is 58.1 Å². The summed E-state index contributed by atoms with van der Waals surface area (Å²) in [5, 5.41) is 3.01. The van der Waals surface area contributed by atoms with Gasteiger partial charge in [-0.3, -0.25) is 4.79 Å². The highest BCUT2D eigenvalue weighted by Gasteiger charge is 2.14. The van der Waals surface area contributed by atoms with Crippen molar-refractivity contribution < 1.29 is 9.53 Å². The van der Waals surface area contributed by atoms with Crippen molar-refractivity contribution in [2.24, 2.45) is 0 Å². The molecule has 2 rings (SSSR count). The van der Waals surface area contributed by atoms with E-state index in [0.29, 0.717) is 5.75 Å². The second-order valence-corrected chi connectivity index (χ2v) is 7.71. The lowest BCUT2D eigenvalue weighted by molar-refractivity contribution is -0.123. The first-order valence-corrected chi connectivity index (χ1v) is 8.76. The Hall–Kier alpha value is -2.29. The summed E-state index contributed by atoms with van der Waals surface area (Å²) < 4.78 is 5.61. The Kier molecular flexibility index (Phi) is 5.89. The third kappa shape index (κ3) is 5.35. The maximum atomic E-state index is 12.2. The fourth-order valence-electron chi connectivity index (χ4n) is 2.79. The number of ether oxygens (including phenoxy) is 1. The molecular formula is C22H29NO2. The molecule has 1 unspecified atom stereocenters. The Balaban J connectivity index is 1.91. The van der Waals surface area contributed by atoms with Crippen LogP contribution < -0.4 is 10.1 Å². The predicted octanol–water partition coefficient (Wildman–Crippen LogP) is 4.86. The molecule has 0 fully saturated rings. The van der Waals surface area contributed by atoms with Gasteiger partial charge in [0.25, 0.3) is 5.91 Å². The summed E-state index contributed by atoms with van der Waals surface area (Å²) in [5.41, 5.74) is 4.86. The molecule has 0 saturated heterocycles. The molecule has 0 aliphatic heterocycles. The van der Waals surface area contributed by atoms with Gasteiger partial charge in [-0.1, -0.05) is 56.7 Å². The number of carbonyl (C=O) groups is 1. The van der Waals surface area contributed by atoms with Gasteiger partial charge in [-0.25, -0.2) is 0 Å². The Morgan fingerprint density at radius 2 is 1.72 bits per heavy atom. The zero-order chi connectivity index (χ0) is 18.6. The largest absolute Gasteiger partial charge is 0.484 e. The van der Waals surface area contributed by atoms with E-state index < -0.39 is 0 Å². The second kappa shape index (κ2) is 7.73. The molecule has 0 radical (unpaired) electrons. The summed E-state index contributed by atoms with van der Waals surface area (Å²) in [6.45, 7) is 12.6. The first-order chi connectivity index (χ1) is 11.7.